The summed E-state index contributed by atoms with van der Waals surface area (Å²) in [5, 5.41) is 0.671. The van der Waals surface area contributed by atoms with E-state index in [4.69, 9.17) is 11.5 Å². The predicted molar refractivity (Wildman–Crippen MR) is 88.0 cm³/mol. The number of fused-ring (bicyclic) bond motifs is 1. The minimum absolute atomic E-state index is 0.0694. The van der Waals surface area contributed by atoms with Gasteiger partial charge in [-0.25, -0.2) is 4.98 Å². The Morgan fingerprint density at radius 1 is 1.29 bits per heavy atom. The first-order chi connectivity index (χ1) is 9.95. The maximum atomic E-state index is 5.45. The largest absolute Gasteiger partial charge is 0.370 e. The fraction of sp³-hybridized carbons (Fsp3) is 0.375. The number of benzene rings is 1. The molecule has 0 saturated carbocycles. The van der Waals surface area contributed by atoms with E-state index in [1.807, 2.05) is 0 Å². The van der Waals surface area contributed by atoms with Crippen molar-refractivity contribution in [1.82, 2.24) is 4.98 Å². The van der Waals surface area contributed by atoms with Crippen LogP contribution in [0.15, 0.2) is 35.3 Å². The zero-order valence-corrected chi connectivity index (χ0v) is 13.2. The summed E-state index contributed by atoms with van der Waals surface area (Å²) in [5.41, 5.74) is 13.6. The highest BCUT2D eigenvalue weighted by molar-refractivity contribution is 7.15. The molecule has 3 rings (SSSR count). The second-order valence-electron chi connectivity index (χ2n) is 6.24. The molecule has 0 amide bonds. The van der Waals surface area contributed by atoms with Gasteiger partial charge in [-0.1, -0.05) is 55.5 Å². The highest BCUT2D eigenvalue weighted by Crippen LogP contribution is 2.47. The molecule has 0 fully saturated rings. The minimum Gasteiger partial charge on any atom is -0.370 e. The van der Waals surface area contributed by atoms with Crippen molar-refractivity contribution in [2.24, 2.45) is 21.9 Å². The van der Waals surface area contributed by atoms with E-state index in [1.54, 1.807) is 11.3 Å². The van der Waals surface area contributed by atoms with E-state index >= 15 is 0 Å². The van der Waals surface area contributed by atoms with Crippen molar-refractivity contribution in [2.45, 2.75) is 32.6 Å². The van der Waals surface area contributed by atoms with Gasteiger partial charge in [0.2, 0.25) is 5.13 Å². The molecular formula is C16H20N4S. The fourth-order valence-corrected chi connectivity index (χ4v) is 4.11. The number of hydrogen-bond donors (Lipinski definition) is 2. The van der Waals surface area contributed by atoms with Crippen LogP contribution in [0.3, 0.4) is 0 Å². The molecule has 21 heavy (non-hydrogen) atoms. The molecule has 1 atom stereocenters. The molecule has 1 aliphatic rings. The van der Waals surface area contributed by atoms with Crippen LogP contribution in [0.5, 0.6) is 0 Å². The highest BCUT2D eigenvalue weighted by Gasteiger charge is 2.37. The van der Waals surface area contributed by atoms with Crippen molar-refractivity contribution in [3.63, 3.8) is 0 Å². The number of nitrogens with two attached hydrogens (primary N) is 2. The van der Waals surface area contributed by atoms with Gasteiger partial charge in [0.25, 0.3) is 0 Å². The molecule has 0 radical (unpaired) electrons. The number of aliphatic imine (C=N–C) groups is 1. The van der Waals surface area contributed by atoms with Crippen molar-refractivity contribution in [3.8, 4) is 0 Å². The minimum atomic E-state index is 0.0694. The average Bonchev–Trinajstić information content (AvgIpc) is 2.77. The van der Waals surface area contributed by atoms with Gasteiger partial charge in [-0.15, -0.1) is 0 Å². The lowest BCUT2D eigenvalue weighted by Gasteiger charge is -2.38. The molecule has 4 nitrogen and oxygen atoms in total. The van der Waals surface area contributed by atoms with Gasteiger partial charge in [-0.05, 0) is 29.7 Å². The van der Waals surface area contributed by atoms with E-state index in [2.05, 4.69) is 54.2 Å². The van der Waals surface area contributed by atoms with Crippen LogP contribution in [-0.2, 0) is 12.8 Å². The number of nitrogens with zero attached hydrogens (tertiary/aromatic N) is 2. The molecule has 1 heterocycles. The summed E-state index contributed by atoms with van der Waals surface area (Å²) in [5.74, 6) is 0.568. The Bertz CT molecular complexity index is 669. The third-order valence-electron chi connectivity index (χ3n) is 4.15. The maximum absolute atomic E-state index is 5.45. The summed E-state index contributed by atoms with van der Waals surface area (Å²) in [7, 11) is 0. The summed E-state index contributed by atoms with van der Waals surface area (Å²) in [4.78, 5) is 9.98. The van der Waals surface area contributed by atoms with Crippen LogP contribution in [0.1, 0.15) is 35.9 Å². The van der Waals surface area contributed by atoms with Gasteiger partial charge in [-0.3, -0.25) is 0 Å². The Balaban J connectivity index is 1.97. The van der Waals surface area contributed by atoms with Crippen LogP contribution in [0.4, 0.5) is 5.13 Å². The van der Waals surface area contributed by atoms with E-state index in [1.165, 1.54) is 10.4 Å². The first-order valence-electron chi connectivity index (χ1n) is 7.09. The van der Waals surface area contributed by atoms with Crippen molar-refractivity contribution in [1.29, 1.82) is 0 Å². The topological polar surface area (TPSA) is 77.3 Å². The molecule has 0 saturated heterocycles. The summed E-state index contributed by atoms with van der Waals surface area (Å²) < 4.78 is 0. The van der Waals surface area contributed by atoms with Crippen LogP contribution in [0.2, 0.25) is 0 Å². The molecule has 110 valence electrons. The normalized spacial score (nSPS) is 19.8. The van der Waals surface area contributed by atoms with Gasteiger partial charge >= 0.3 is 0 Å². The molecule has 1 aromatic heterocycles. The standard InChI is InChI=1S/C16H20N4S/c1-16(2)9-12-13(21-15(19-12)20-14(17)18)8-11(16)10-6-4-3-5-7-10/h3-7,11H,8-9H2,1-2H3,(H4,17,18,19,20). The Kier molecular flexibility index (Phi) is 3.45. The van der Waals surface area contributed by atoms with Crippen molar-refractivity contribution >= 4 is 22.4 Å². The highest BCUT2D eigenvalue weighted by atomic mass is 32.1. The number of thiazole rings is 1. The second-order valence-corrected chi connectivity index (χ2v) is 7.30. The molecular weight excluding hydrogens is 280 g/mol. The van der Waals surface area contributed by atoms with E-state index in [0.29, 0.717) is 11.0 Å². The van der Waals surface area contributed by atoms with Crippen LogP contribution in [0.25, 0.3) is 0 Å². The first kappa shape index (κ1) is 14.1. The molecule has 4 N–H and O–H groups in total. The van der Waals surface area contributed by atoms with Crippen LogP contribution >= 0.6 is 11.3 Å². The average molecular weight is 300 g/mol. The zero-order chi connectivity index (χ0) is 15.0. The smallest absolute Gasteiger partial charge is 0.212 e. The molecule has 1 aromatic carbocycles. The van der Waals surface area contributed by atoms with Crippen LogP contribution in [0, 0.1) is 5.41 Å². The molecule has 0 aliphatic heterocycles. The molecule has 1 aliphatic carbocycles. The Morgan fingerprint density at radius 2 is 2.00 bits per heavy atom. The van der Waals surface area contributed by atoms with E-state index < -0.39 is 0 Å². The lowest BCUT2D eigenvalue weighted by atomic mass is 9.67. The third kappa shape index (κ3) is 2.78. The summed E-state index contributed by atoms with van der Waals surface area (Å²) in [6, 6.07) is 10.7. The Hall–Kier alpha value is -1.88. The molecule has 0 spiro atoms. The lowest BCUT2D eigenvalue weighted by molar-refractivity contribution is 0.262. The first-order valence-corrected chi connectivity index (χ1v) is 7.90. The summed E-state index contributed by atoms with van der Waals surface area (Å²) in [6.07, 6.45) is 1.96. The van der Waals surface area contributed by atoms with Gasteiger partial charge in [0, 0.05) is 4.88 Å². The monoisotopic (exact) mass is 300 g/mol. The molecule has 0 bridgehead atoms. The van der Waals surface area contributed by atoms with Gasteiger partial charge in [0.1, 0.15) is 0 Å². The number of rotatable bonds is 2. The van der Waals surface area contributed by atoms with E-state index in [-0.39, 0.29) is 11.4 Å². The molecule has 2 aromatic rings. The van der Waals surface area contributed by atoms with Gasteiger partial charge in [0.15, 0.2) is 5.96 Å². The van der Waals surface area contributed by atoms with E-state index in [0.717, 1.165) is 18.5 Å². The lowest BCUT2D eigenvalue weighted by Crippen LogP contribution is -2.30. The van der Waals surface area contributed by atoms with E-state index in [9.17, 15) is 0 Å². The van der Waals surface area contributed by atoms with Gasteiger partial charge in [-0.2, -0.15) is 4.99 Å². The van der Waals surface area contributed by atoms with Gasteiger partial charge in [0.05, 0.1) is 5.69 Å². The summed E-state index contributed by atoms with van der Waals surface area (Å²) in [6.45, 7) is 4.63. The number of hydrogen-bond acceptors (Lipinski definition) is 3. The van der Waals surface area contributed by atoms with Crippen molar-refractivity contribution in [3.05, 3.63) is 46.5 Å². The molecule has 1 unspecified atom stereocenters. The summed E-state index contributed by atoms with van der Waals surface area (Å²) >= 11 is 1.60. The van der Waals surface area contributed by atoms with Gasteiger partial charge < -0.3 is 11.5 Å². The number of aromatic nitrogens is 1. The SMILES string of the molecule is CC1(C)Cc2nc(N=C(N)N)sc2CC1c1ccccc1. The number of guanidine groups is 1. The predicted octanol–water partition coefficient (Wildman–Crippen LogP) is 2.96. The fourth-order valence-electron chi connectivity index (χ4n) is 3.10. The molecule has 5 heteroatoms. The Labute approximate surface area is 128 Å². The second kappa shape index (κ2) is 5.15. The maximum Gasteiger partial charge on any atom is 0.212 e. The quantitative estimate of drug-likeness (QED) is 0.661. The Morgan fingerprint density at radius 3 is 2.67 bits per heavy atom. The van der Waals surface area contributed by atoms with Crippen molar-refractivity contribution < 1.29 is 0 Å². The van der Waals surface area contributed by atoms with Crippen LogP contribution < -0.4 is 11.5 Å². The third-order valence-corrected chi connectivity index (χ3v) is 5.16. The zero-order valence-electron chi connectivity index (χ0n) is 12.3. The van der Waals surface area contributed by atoms with Crippen LogP contribution in [-0.4, -0.2) is 10.9 Å². The van der Waals surface area contributed by atoms with Crippen molar-refractivity contribution in [2.75, 3.05) is 0 Å².